The van der Waals surface area contributed by atoms with Crippen LogP contribution >= 0.6 is 0 Å². The van der Waals surface area contributed by atoms with Gasteiger partial charge in [0.25, 0.3) is 0 Å². The molecule has 2 aliphatic rings. The van der Waals surface area contributed by atoms with Crippen molar-refractivity contribution in [3.8, 4) is 0 Å². The fourth-order valence-corrected chi connectivity index (χ4v) is 3.54. The summed E-state index contributed by atoms with van der Waals surface area (Å²) in [6.07, 6.45) is 7.61. The highest BCUT2D eigenvalue weighted by molar-refractivity contribution is 4.89. The van der Waals surface area contributed by atoms with E-state index in [4.69, 9.17) is 0 Å². The van der Waals surface area contributed by atoms with E-state index in [2.05, 4.69) is 13.8 Å². The molecule has 0 amide bonds. The standard InChI is InChI=1S/C11H20/c1-8-7-9(2)11-6-4-3-5-10(8)11/h8-11H,3-7H2,1-2H3/t8-,9?,10-,11?/m1/s1. The molecule has 2 saturated carbocycles. The molecular weight excluding hydrogens is 132 g/mol. The first kappa shape index (κ1) is 7.64. The summed E-state index contributed by atoms with van der Waals surface area (Å²) in [6.45, 7) is 4.93. The third-order valence-electron chi connectivity index (χ3n) is 4.08. The van der Waals surface area contributed by atoms with Crippen molar-refractivity contribution in [1.82, 2.24) is 0 Å². The first-order valence-electron chi connectivity index (χ1n) is 5.29. The Balaban J connectivity index is 2.07. The molecule has 0 radical (unpaired) electrons. The zero-order valence-electron chi connectivity index (χ0n) is 7.84. The van der Waals surface area contributed by atoms with E-state index in [1.54, 1.807) is 0 Å². The Morgan fingerprint density at radius 3 is 1.73 bits per heavy atom. The van der Waals surface area contributed by atoms with Crippen LogP contribution in [0.4, 0.5) is 0 Å². The maximum atomic E-state index is 2.46. The molecular formula is C11H20. The third-order valence-corrected chi connectivity index (χ3v) is 4.08. The van der Waals surface area contributed by atoms with Crippen LogP contribution in [-0.4, -0.2) is 0 Å². The highest BCUT2D eigenvalue weighted by Gasteiger charge is 2.39. The van der Waals surface area contributed by atoms with Crippen molar-refractivity contribution < 1.29 is 0 Å². The molecule has 0 nitrogen and oxygen atoms in total. The van der Waals surface area contributed by atoms with E-state index in [0.29, 0.717) is 0 Å². The van der Waals surface area contributed by atoms with E-state index in [1.165, 1.54) is 32.1 Å². The number of rotatable bonds is 0. The molecule has 4 atom stereocenters. The maximum Gasteiger partial charge on any atom is -0.0357 e. The Hall–Kier alpha value is 0. The summed E-state index contributed by atoms with van der Waals surface area (Å²) in [7, 11) is 0. The van der Waals surface area contributed by atoms with Crippen molar-refractivity contribution in [3.63, 3.8) is 0 Å². The molecule has 2 fully saturated rings. The van der Waals surface area contributed by atoms with Gasteiger partial charge in [0.05, 0.1) is 0 Å². The summed E-state index contributed by atoms with van der Waals surface area (Å²) in [5.41, 5.74) is 0. The van der Waals surface area contributed by atoms with Crippen LogP contribution in [0.25, 0.3) is 0 Å². The summed E-state index contributed by atoms with van der Waals surface area (Å²) in [5.74, 6) is 4.29. The van der Waals surface area contributed by atoms with Crippen molar-refractivity contribution in [2.24, 2.45) is 23.7 Å². The smallest absolute Gasteiger partial charge is 0.0357 e. The first-order valence-corrected chi connectivity index (χ1v) is 5.29. The summed E-state index contributed by atoms with van der Waals surface area (Å²) < 4.78 is 0. The van der Waals surface area contributed by atoms with Gasteiger partial charge in [-0.3, -0.25) is 0 Å². The predicted molar refractivity (Wildman–Crippen MR) is 48.4 cm³/mol. The topological polar surface area (TPSA) is 0 Å². The summed E-state index contributed by atoms with van der Waals surface area (Å²) >= 11 is 0. The van der Waals surface area contributed by atoms with Crippen LogP contribution in [0.5, 0.6) is 0 Å². The lowest BCUT2D eigenvalue weighted by Gasteiger charge is -2.29. The van der Waals surface area contributed by atoms with Gasteiger partial charge in [-0.1, -0.05) is 26.7 Å². The normalized spacial score (nSPS) is 50.7. The fraction of sp³-hybridized carbons (Fsp3) is 1.00. The molecule has 0 aromatic rings. The summed E-state index contributed by atoms with van der Waals surface area (Å²) in [4.78, 5) is 0. The van der Waals surface area contributed by atoms with E-state index in [1.807, 2.05) is 0 Å². The molecule has 0 aromatic heterocycles. The van der Waals surface area contributed by atoms with Crippen LogP contribution in [0.1, 0.15) is 46.0 Å². The highest BCUT2D eigenvalue weighted by atomic mass is 14.4. The van der Waals surface area contributed by atoms with Gasteiger partial charge in [-0.2, -0.15) is 0 Å². The van der Waals surface area contributed by atoms with Crippen LogP contribution in [-0.2, 0) is 0 Å². The number of hydrogen-bond donors (Lipinski definition) is 0. The molecule has 2 rings (SSSR count). The lowest BCUT2D eigenvalue weighted by molar-refractivity contribution is 0.214. The Kier molecular flexibility index (Phi) is 1.95. The average Bonchev–Trinajstić information content (AvgIpc) is 2.30. The van der Waals surface area contributed by atoms with Gasteiger partial charge in [-0.25, -0.2) is 0 Å². The van der Waals surface area contributed by atoms with E-state index in [0.717, 1.165) is 23.7 Å². The van der Waals surface area contributed by atoms with Crippen LogP contribution < -0.4 is 0 Å². The minimum absolute atomic E-state index is 1.04. The van der Waals surface area contributed by atoms with Crippen molar-refractivity contribution in [1.29, 1.82) is 0 Å². The lowest BCUT2D eigenvalue weighted by Crippen LogP contribution is -2.19. The molecule has 11 heavy (non-hydrogen) atoms. The molecule has 0 aliphatic heterocycles. The first-order chi connectivity index (χ1) is 5.29. The highest BCUT2D eigenvalue weighted by Crippen LogP contribution is 2.48. The van der Waals surface area contributed by atoms with Crippen molar-refractivity contribution in [2.45, 2.75) is 46.0 Å². The van der Waals surface area contributed by atoms with Gasteiger partial charge in [0, 0.05) is 0 Å². The Morgan fingerprint density at radius 1 is 0.818 bits per heavy atom. The zero-order valence-corrected chi connectivity index (χ0v) is 7.84. The molecule has 0 aromatic carbocycles. The van der Waals surface area contributed by atoms with E-state index < -0.39 is 0 Å². The molecule has 2 aliphatic carbocycles. The Bertz CT molecular complexity index is 123. The van der Waals surface area contributed by atoms with E-state index in [9.17, 15) is 0 Å². The van der Waals surface area contributed by atoms with Crippen LogP contribution in [0.3, 0.4) is 0 Å². The van der Waals surface area contributed by atoms with E-state index in [-0.39, 0.29) is 0 Å². The summed E-state index contributed by atoms with van der Waals surface area (Å²) in [5, 5.41) is 0. The van der Waals surface area contributed by atoms with E-state index >= 15 is 0 Å². The Labute approximate surface area is 70.4 Å². The van der Waals surface area contributed by atoms with Crippen LogP contribution in [0, 0.1) is 23.7 Å². The number of hydrogen-bond acceptors (Lipinski definition) is 0. The molecule has 0 bridgehead atoms. The van der Waals surface area contributed by atoms with Gasteiger partial charge >= 0.3 is 0 Å². The largest absolute Gasteiger partial charge is 0.0622 e. The molecule has 0 heteroatoms. The van der Waals surface area contributed by atoms with Crippen molar-refractivity contribution in [2.75, 3.05) is 0 Å². The van der Waals surface area contributed by atoms with Crippen LogP contribution in [0.2, 0.25) is 0 Å². The molecule has 0 spiro atoms. The monoisotopic (exact) mass is 152 g/mol. The SMILES string of the molecule is CC1C[C@@H](C)[C@H]2CCCCC12. The molecule has 64 valence electrons. The van der Waals surface area contributed by atoms with Gasteiger partial charge in [-0.05, 0) is 42.9 Å². The lowest BCUT2D eigenvalue weighted by atomic mass is 9.77. The van der Waals surface area contributed by atoms with Gasteiger partial charge in [0.1, 0.15) is 0 Å². The summed E-state index contributed by atoms with van der Waals surface area (Å²) in [6, 6.07) is 0. The van der Waals surface area contributed by atoms with Crippen LogP contribution in [0.15, 0.2) is 0 Å². The minimum atomic E-state index is 1.04. The zero-order chi connectivity index (χ0) is 7.84. The molecule has 0 saturated heterocycles. The maximum absolute atomic E-state index is 2.46. The van der Waals surface area contributed by atoms with Crippen molar-refractivity contribution >= 4 is 0 Å². The molecule has 0 heterocycles. The second kappa shape index (κ2) is 2.80. The van der Waals surface area contributed by atoms with Gasteiger partial charge in [0.15, 0.2) is 0 Å². The second-order valence-corrected chi connectivity index (χ2v) is 4.80. The quantitative estimate of drug-likeness (QED) is 0.498. The van der Waals surface area contributed by atoms with Gasteiger partial charge < -0.3 is 0 Å². The molecule has 0 N–H and O–H groups in total. The predicted octanol–water partition coefficient (Wildman–Crippen LogP) is 3.47. The van der Waals surface area contributed by atoms with Gasteiger partial charge in [-0.15, -0.1) is 0 Å². The van der Waals surface area contributed by atoms with Crippen molar-refractivity contribution in [3.05, 3.63) is 0 Å². The number of fused-ring (bicyclic) bond motifs is 1. The van der Waals surface area contributed by atoms with Gasteiger partial charge in [0.2, 0.25) is 0 Å². The molecule has 2 unspecified atom stereocenters. The Morgan fingerprint density at radius 2 is 1.27 bits per heavy atom. The second-order valence-electron chi connectivity index (χ2n) is 4.80. The minimum Gasteiger partial charge on any atom is -0.0622 e. The average molecular weight is 152 g/mol. The third kappa shape index (κ3) is 1.21. The fourth-order valence-electron chi connectivity index (χ4n) is 3.54.